The SMILES string of the molecule is COc1ccc(NC(=O)N2CCC[C@H](c3nnc(C(=O)Nc4ccccc4C)s3)C2)cc1OC. The number of rotatable bonds is 6. The van der Waals surface area contributed by atoms with Gasteiger partial charge in [-0.2, -0.15) is 0 Å². The van der Waals surface area contributed by atoms with Gasteiger partial charge >= 0.3 is 6.03 Å². The number of para-hydroxylation sites is 1. The van der Waals surface area contributed by atoms with Crippen molar-refractivity contribution in [3.05, 3.63) is 58.0 Å². The van der Waals surface area contributed by atoms with Gasteiger partial charge in [-0.25, -0.2) is 4.79 Å². The Labute approximate surface area is 202 Å². The third-order valence-corrected chi connectivity index (χ3v) is 6.81. The summed E-state index contributed by atoms with van der Waals surface area (Å²) >= 11 is 1.28. The van der Waals surface area contributed by atoms with Crippen LogP contribution in [-0.4, -0.2) is 54.3 Å². The molecule has 1 saturated heterocycles. The Hall–Kier alpha value is -3.66. The fourth-order valence-electron chi connectivity index (χ4n) is 3.86. The van der Waals surface area contributed by atoms with E-state index in [0.29, 0.717) is 35.3 Å². The Morgan fingerprint density at radius 1 is 1.06 bits per heavy atom. The number of nitrogens with one attached hydrogen (secondary N) is 2. The minimum atomic E-state index is -0.281. The smallest absolute Gasteiger partial charge is 0.321 e. The van der Waals surface area contributed by atoms with E-state index in [2.05, 4.69) is 20.8 Å². The molecule has 9 nitrogen and oxygen atoms in total. The summed E-state index contributed by atoms with van der Waals surface area (Å²) in [6.07, 6.45) is 1.72. The average molecular weight is 482 g/mol. The molecule has 0 spiro atoms. The molecule has 0 saturated carbocycles. The molecule has 0 radical (unpaired) electrons. The van der Waals surface area contributed by atoms with Crippen LogP contribution in [0.2, 0.25) is 0 Å². The number of carbonyl (C=O) groups excluding carboxylic acids is 2. The molecule has 1 fully saturated rings. The zero-order chi connectivity index (χ0) is 24.1. The highest BCUT2D eigenvalue weighted by atomic mass is 32.1. The van der Waals surface area contributed by atoms with Gasteiger partial charge in [0.05, 0.1) is 14.2 Å². The largest absolute Gasteiger partial charge is 0.493 e. The highest BCUT2D eigenvalue weighted by Crippen LogP contribution is 2.32. The van der Waals surface area contributed by atoms with Crippen LogP contribution in [-0.2, 0) is 0 Å². The summed E-state index contributed by atoms with van der Waals surface area (Å²) in [7, 11) is 3.12. The number of likely N-dealkylation sites (tertiary alicyclic amines) is 1. The summed E-state index contributed by atoms with van der Waals surface area (Å²) in [5, 5.41) is 15.2. The van der Waals surface area contributed by atoms with Gasteiger partial charge < -0.3 is 25.0 Å². The van der Waals surface area contributed by atoms with Crippen LogP contribution in [0.1, 0.15) is 39.1 Å². The average Bonchev–Trinajstić information content (AvgIpc) is 3.36. The second kappa shape index (κ2) is 10.5. The van der Waals surface area contributed by atoms with Gasteiger partial charge in [0.25, 0.3) is 5.91 Å². The third-order valence-electron chi connectivity index (χ3n) is 5.72. The molecule has 34 heavy (non-hydrogen) atoms. The number of aromatic nitrogens is 2. The van der Waals surface area contributed by atoms with Crippen molar-refractivity contribution in [3.8, 4) is 11.5 Å². The highest BCUT2D eigenvalue weighted by Gasteiger charge is 2.28. The lowest BCUT2D eigenvalue weighted by Crippen LogP contribution is -2.41. The van der Waals surface area contributed by atoms with Crippen LogP contribution in [0.15, 0.2) is 42.5 Å². The molecule has 1 atom stereocenters. The van der Waals surface area contributed by atoms with Gasteiger partial charge in [-0.15, -0.1) is 10.2 Å². The highest BCUT2D eigenvalue weighted by molar-refractivity contribution is 7.13. The predicted molar refractivity (Wildman–Crippen MR) is 131 cm³/mol. The van der Waals surface area contributed by atoms with E-state index in [9.17, 15) is 9.59 Å². The zero-order valence-corrected chi connectivity index (χ0v) is 20.1. The minimum absolute atomic E-state index is 0.0300. The second-order valence-electron chi connectivity index (χ2n) is 8.00. The molecule has 178 valence electrons. The Kier molecular flexibility index (Phi) is 7.27. The number of nitrogens with zero attached hydrogens (tertiary/aromatic N) is 3. The molecule has 0 aliphatic carbocycles. The van der Waals surface area contributed by atoms with Crippen molar-refractivity contribution >= 4 is 34.6 Å². The topological polar surface area (TPSA) is 106 Å². The van der Waals surface area contributed by atoms with Gasteiger partial charge in [0.1, 0.15) is 5.01 Å². The van der Waals surface area contributed by atoms with Crippen LogP contribution in [0.5, 0.6) is 11.5 Å². The Bertz CT molecular complexity index is 1180. The molecular weight excluding hydrogens is 454 g/mol. The van der Waals surface area contributed by atoms with E-state index in [-0.39, 0.29) is 17.9 Å². The summed E-state index contributed by atoms with van der Waals surface area (Å²) in [6.45, 7) is 3.09. The molecule has 1 aliphatic rings. The van der Waals surface area contributed by atoms with Crippen LogP contribution >= 0.6 is 11.3 Å². The number of amides is 3. The third kappa shape index (κ3) is 5.28. The molecule has 2 aromatic carbocycles. The van der Waals surface area contributed by atoms with Gasteiger partial charge in [0, 0.05) is 36.4 Å². The van der Waals surface area contributed by atoms with E-state index in [0.717, 1.165) is 29.1 Å². The summed E-state index contributed by atoms with van der Waals surface area (Å²) in [5.41, 5.74) is 2.35. The van der Waals surface area contributed by atoms with Gasteiger partial charge in [-0.1, -0.05) is 29.5 Å². The molecule has 3 aromatic rings. The van der Waals surface area contributed by atoms with Crippen LogP contribution < -0.4 is 20.1 Å². The number of carbonyl (C=O) groups is 2. The quantitative estimate of drug-likeness (QED) is 0.536. The van der Waals surface area contributed by atoms with E-state index < -0.39 is 0 Å². The van der Waals surface area contributed by atoms with Crippen molar-refractivity contribution < 1.29 is 19.1 Å². The molecule has 4 rings (SSSR count). The fourth-order valence-corrected chi connectivity index (χ4v) is 4.72. The van der Waals surface area contributed by atoms with Gasteiger partial charge in [-0.05, 0) is 43.5 Å². The van der Waals surface area contributed by atoms with E-state index in [1.807, 2.05) is 31.2 Å². The van der Waals surface area contributed by atoms with Crippen molar-refractivity contribution in [2.75, 3.05) is 37.9 Å². The molecular formula is C24H27N5O4S. The second-order valence-corrected chi connectivity index (χ2v) is 9.01. The van der Waals surface area contributed by atoms with Crippen molar-refractivity contribution in [1.82, 2.24) is 15.1 Å². The Balaban J connectivity index is 1.39. The molecule has 2 heterocycles. The molecule has 3 amide bonds. The van der Waals surface area contributed by atoms with E-state index in [1.54, 1.807) is 37.3 Å². The number of aryl methyl sites for hydroxylation is 1. The molecule has 1 aliphatic heterocycles. The maximum absolute atomic E-state index is 12.9. The molecule has 0 bridgehead atoms. The Morgan fingerprint density at radius 3 is 2.62 bits per heavy atom. The minimum Gasteiger partial charge on any atom is -0.493 e. The first-order chi connectivity index (χ1) is 16.5. The van der Waals surface area contributed by atoms with Crippen LogP contribution in [0.25, 0.3) is 0 Å². The maximum Gasteiger partial charge on any atom is 0.321 e. The number of anilines is 2. The standard InChI is InChI=1S/C24H27N5O4S/c1-15-7-4-5-9-18(15)26-21(30)23-28-27-22(34-23)16-8-6-12-29(14-16)24(31)25-17-10-11-19(32-2)20(13-17)33-3/h4-5,7,9-11,13,16H,6,8,12,14H2,1-3H3,(H,25,31)(H,26,30)/t16-/m0/s1. The normalized spacial score (nSPS) is 15.5. The number of methoxy groups -OCH3 is 2. The lowest BCUT2D eigenvalue weighted by atomic mass is 9.99. The number of urea groups is 1. The summed E-state index contributed by atoms with van der Waals surface area (Å²) in [5.74, 6) is 0.888. The number of ether oxygens (including phenoxy) is 2. The number of hydrogen-bond donors (Lipinski definition) is 2. The van der Waals surface area contributed by atoms with Gasteiger partial charge in [0.2, 0.25) is 5.01 Å². The lowest BCUT2D eigenvalue weighted by molar-refractivity contribution is 0.102. The van der Waals surface area contributed by atoms with Gasteiger partial charge in [-0.3, -0.25) is 4.79 Å². The van der Waals surface area contributed by atoms with E-state index >= 15 is 0 Å². The zero-order valence-electron chi connectivity index (χ0n) is 19.3. The first kappa shape index (κ1) is 23.5. The molecule has 1 aromatic heterocycles. The number of piperidine rings is 1. The van der Waals surface area contributed by atoms with Crippen LogP contribution in [0.4, 0.5) is 16.2 Å². The van der Waals surface area contributed by atoms with Crippen molar-refractivity contribution in [2.24, 2.45) is 0 Å². The summed E-state index contributed by atoms with van der Waals surface area (Å²) in [4.78, 5) is 27.3. The number of hydrogen-bond acceptors (Lipinski definition) is 7. The maximum atomic E-state index is 12.9. The molecule has 2 N–H and O–H groups in total. The van der Waals surface area contributed by atoms with Gasteiger partial charge in [0.15, 0.2) is 11.5 Å². The van der Waals surface area contributed by atoms with Crippen LogP contribution in [0.3, 0.4) is 0 Å². The fraction of sp³-hybridized carbons (Fsp3) is 0.333. The predicted octanol–water partition coefficient (Wildman–Crippen LogP) is 4.53. The molecule has 10 heteroatoms. The van der Waals surface area contributed by atoms with Crippen molar-refractivity contribution in [1.29, 1.82) is 0 Å². The summed E-state index contributed by atoms with van der Waals surface area (Å²) < 4.78 is 10.6. The van der Waals surface area contributed by atoms with E-state index in [4.69, 9.17) is 9.47 Å². The number of benzene rings is 2. The van der Waals surface area contributed by atoms with Crippen LogP contribution in [0, 0.1) is 6.92 Å². The summed E-state index contributed by atoms with van der Waals surface area (Å²) in [6, 6.07) is 12.6. The lowest BCUT2D eigenvalue weighted by Gasteiger charge is -2.31. The monoisotopic (exact) mass is 481 g/mol. The Morgan fingerprint density at radius 2 is 1.85 bits per heavy atom. The first-order valence-electron chi connectivity index (χ1n) is 11.0. The molecule has 0 unspecified atom stereocenters. The van der Waals surface area contributed by atoms with E-state index in [1.165, 1.54) is 11.3 Å². The first-order valence-corrected chi connectivity index (χ1v) is 11.8. The van der Waals surface area contributed by atoms with Crippen molar-refractivity contribution in [3.63, 3.8) is 0 Å². The van der Waals surface area contributed by atoms with Crippen molar-refractivity contribution in [2.45, 2.75) is 25.7 Å².